The van der Waals surface area contributed by atoms with E-state index in [-0.39, 0.29) is 0 Å². The summed E-state index contributed by atoms with van der Waals surface area (Å²) in [5, 5.41) is 10.4. The number of benzene rings is 2. The van der Waals surface area contributed by atoms with Gasteiger partial charge in [-0.1, -0.05) is 35.9 Å². The standard InChI is InChI=1S/C16H17ClFNO/c1-11(20)16-14(18)8-5-9-15(16)19(2)10-12-6-3-4-7-13(12)17/h3-9,11,20H,10H2,1-2H3/t11-/m0/s1. The zero-order valence-electron chi connectivity index (χ0n) is 11.5. The minimum atomic E-state index is -0.861. The van der Waals surface area contributed by atoms with Crippen LogP contribution in [-0.2, 0) is 6.54 Å². The molecule has 0 aliphatic rings. The van der Waals surface area contributed by atoms with Gasteiger partial charge in [-0.05, 0) is 30.7 Å². The molecule has 0 radical (unpaired) electrons. The van der Waals surface area contributed by atoms with E-state index in [4.69, 9.17) is 11.6 Å². The van der Waals surface area contributed by atoms with Crippen molar-refractivity contribution in [1.29, 1.82) is 0 Å². The SMILES string of the molecule is C[C@H](O)c1c(F)cccc1N(C)Cc1ccccc1Cl. The lowest BCUT2D eigenvalue weighted by molar-refractivity contribution is 0.194. The first-order valence-corrected chi connectivity index (χ1v) is 6.79. The fourth-order valence-electron chi connectivity index (χ4n) is 2.24. The van der Waals surface area contributed by atoms with E-state index in [1.807, 2.05) is 36.2 Å². The molecule has 0 bridgehead atoms. The molecule has 0 unspecified atom stereocenters. The molecule has 106 valence electrons. The average Bonchev–Trinajstić information content (AvgIpc) is 2.40. The van der Waals surface area contributed by atoms with Gasteiger partial charge in [-0.25, -0.2) is 4.39 Å². The van der Waals surface area contributed by atoms with E-state index in [2.05, 4.69) is 0 Å². The van der Waals surface area contributed by atoms with E-state index >= 15 is 0 Å². The zero-order valence-corrected chi connectivity index (χ0v) is 12.2. The Balaban J connectivity index is 2.33. The molecule has 2 rings (SSSR count). The summed E-state index contributed by atoms with van der Waals surface area (Å²) in [7, 11) is 1.85. The topological polar surface area (TPSA) is 23.5 Å². The minimum absolute atomic E-state index is 0.307. The first kappa shape index (κ1) is 14.8. The molecular formula is C16H17ClFNO. The molecule has 0 saturated heterocycles. The van der Waals surface area contributed by atoms with Crippen molar-refractivity contribution < 1.29 is 9.50 Å². The third kappa shape index (κ3) is 3.11. The van der Waals surface area contributed by atoms with Crippen LogP contribution in [0.5, 0.6) is 0 Å². The molecule has 2 nitrogen and oxygen atoms in total. The summed E-state index contributed by atoms with van der Waals surface area (Å²) in [6.45, 7) is 2.11. The van der Waals surface area contributed by atoms with E-state index in [1.165, 1.54) is 6.07 Å². The van der Waals surface area contributed by atoms with Crippen molar-refractivity contribution in [1.82, 2.24) is 0 Å². The van der Waals surface area contributed by atoms with Crippen LogP contribution in [0.2, 0.25) is 5.02 Å². The Hall–Kier alpha value is -1.58. The van der Waals surface area contributed by atoms with Crippen LogP contribution in [0, 0.1) is 5.82 Å². The largest absolute Gasteiger partial charge is 0.389 e. The molecule has 1 N–H and O–H groups in total. The van der Waals surface area contributed by atoms with Gasteiger partial charge in [0.05, 0.1) is 6.10 Å². The Morgan fingerprint density at radius 3 is 2.55 bits per heavy atom. The van der Waals surface area contributed by atoms with Crippen molar-refractivity contribution in [3.05, 3.63) is 64.4 Å². The normalized spacial score (nSPS) is 12.2. The van der Waals surface area contributed by atoms with Crippen molar-refractivity contribution in [2.24, 2.45) is 0 Å². The van der Waals surface area contributed by atoms with Gasteiger partial charge in [-0.15, -0.1) is 0 Å². The molecule has 0 aromatic heterocycles. The Morgan fingerprint density at radius 2 is 1.90 bits per heavy atom. The third-order valence-corrected chi connectivity index (χ3v) is 3.59. The highest BCUT2D eigenvalue weighted by Gasteiger charge is 2.16. The maximum absolute atomic E-state index is 13.9. The van der Waals surface area contributed by atoms with Crippen molar-refractivity contribution in [2.45, 2.75) is 19.6 Å². The minimum Gasteiger partial charge on any atom is -0.389 e. The fraction of sp³-hybridized carbons (Fsp3) is 0.250. The van der Waals surface area contributed by atoms with Crippen LogP contribution in [0.3, 0.4) is 0 Å². The van der Waals surface area contributed by atoms with E-state index in [1.54, 1.807) is 19.1 Å². The van der Waals surface area contributed by atoms with Gasteiger partial charge >= 0.3 is 0 Å². The molecule has 0 saturated carbocycles. The highest BCUT2D eigenvalue weighted by atomic mass is 35.5. The first-order valence-electron chi connectivity index (χ1n) is 6.41. The van der Waals surface area contributed by atoms with Gasteiger partial charge in [0, 0.05) is 29.9 Å². The Bertz CT molecular complexity index is 601. The Labute approximate surface area is 123 Å². The van der Waals surface area contributed by atoms with Crippen LogP contribution in [0.1, 0.15) is 24.2 Å². The van der Waals surface area contributed by atoms with E-state index in [0.29, 0.717) is 22.8 Å². The smallest absolute Gasteiger partial charge is 0.131 e. The number of hydrogen-bond donors (Lipinski definition) is 1. The maximum atomic E-state index is 13.9. The molecule has 2 aromatic rings. The lowest BCUT2D eigenvalue weighted by atomic mass is 10.1. The summed E-state index contributed by atoms with van der Waals surface area (Å²) in [4.78, 5) is 1.88. The van der Waals surface area contributed by atoms with Gasteiger partial charge in [0.1, 0.15) is 5.82 Å². The molecule has 0 aliphatic carbocycles. The molecule has 4 heteroatoms. The summed E-state index contributed by atoms with van der Waals surface area (Å²) >= 11 is 6.14. The van der Waals surface area contributed by atoms with Gasteiger partial charge in [0.25, 0.3) is 0 Å². The van der Waals surface area contributed by atoms with Crippen LogP contribution >= 0.6 is 11.6 Å². The number of nitrogens with zero attached hydrogens (tertiary/aromatic N) is 1. The predicted octanol–water partition coefficient (Wildman–Crippen LogP) is 4.17. The van der Waals surface area contributed by atoms with E-state index in [0.717, 1.165) is 5.56 Å². The molecular weight excluding hydrogens is 277 g/mol. The molecule has 0 aliphatic heterocycles. The number of anilines is 1. The number of hydrogen-bond acceptors (Lipinski definition) is 2. The third-order valence-electron chi connectivity index (χ3n) is 3.22. The second kappa shape index (κ2) is 6.25. The highest BCUT2D eigenvalue weighted by Crippen LogP contribution is 2.29. The second-order valence-electron chi connectivity index (χ2n) is 4.80. The first-order chi connectivity index (χ1) is 9.50. The summed E-state index contributed by atoms with van der Waals surface area (Å²) < 4.78 is 13.9. The Kier molecular flexibility index (Phi) is 4.63. The average molecular weight is 294 g/mol. The van der Waals surface area contributed by atoms with Crippen LogP contribution < -0.4 is 4.90 Å². The van der Waals surface area contributed by atoms with Gasteiger partial charge in [0.2, 0.25) is 0 Å². The fourth-order valence-corrected chi connectivity index (χ4v) is 2.43. The van der Waals surface area contributed by atoms with Gasteiger partial charge in [-0.3, -0.25) is 0 Å². The van der Waals surface area contributed by atoms with Crippen molar-refractivity contribution in [2.75, 3.05) is 11.9 Å². The van der Waals surface area contributed by atoms with Gasteiger partial charge < -0.3 is 10.0 Å². The Morgan fingerprint density at radius 1 is 1.20 bits per heavy atom. The monoisotopic (exact) mass is 293 g/mol. The number of halogens is 2. The molecule has 2 aromatic carbocycles. The zero-order chi connectivity index (χ0) is 14.7. The van der Waals surface area contributed by atoms with Crippen LogP contribution in [0.25, 0.3) is 0 Å². The summed E-state index contributed by atoms with van der Waals surface area (Å²) in [6.07, 6.45) is -0.861. The molecule has 0 heterocycles. The number of rotatable bonds is 4. The van der Waals surface area contributed by atoms with Crippen LogP contribution in [0.4, 0.5) is 10.1 Å². The summed E-state index contributed by atoms with van der Waals surface area (Å²) in [6, 6.07) is 12.3. The molecule has 0 spiro atoms. The van der Waals surface area contributed by atoms with E-state index in [9.17, 15) is 9.50 Å². The number of aliphatic hydroxyl groups excluding tert-OH is 1. The summed E-state index contributed by atoms with van der Waals surface area (Å²) in [5.74, 6) is -0.400. The number of aliphatic hydroxyl groups is 1. The highest BCUT2D eigenvalue weighted by molar-refractivity contribution is 6.31. The van der Waals surface area contributed by atoms with Crippen LogP contribution in [0.15, 0.2) is 42.5 Å². The maximum Gasteiger partial charge on any atom is 0.131 e. The van der Waals surface area contributed by atoms with Gasteiger partial charge in [-0.2, -0.15) is 0 Å². The van der Waals surface area contributed by atoms with Gasteiger partial charge in [0.15, 0.2) is 0 Å². The van der Waals surface area contributed by atoms with Crippen molar-refractivity contribution >= 4 is 17.3 Å². The molecule has 0 amide bonds. The summed E-state index contributed by atoms with van der Waals surface area (Å²) in [5.41, 5.74) is 1.93. The predicted molar refractivity (Wildman–Crippen MR) is 80.6 cm³/mol. The lowest BCUT2D eigenvalue weighted by Gasteiger charge is -2.24. The van der Waals surface area contributed by atoms with Crippen molar-refractivity contribution in [3.63, 3.8) is 0 Å². The second-order valence-corrected chi connectivity index (χ2v) is 5.20. The quantitative estimate of drug-likeness (QED) is 0.914. The lowest BCUT2D eigenvalue weighted by Crippen LogP contribution is -2.19. The van der Waals surface area contributed by atoms with Crippen molar-refractivity contribution in [3.8, 4) is 0 Å². The van der Waals surface area contributed by atoms with Crippen LogP contribution in [-0.4, -0.2) is 12.2 Å². The molecule has 1 atom stereocenters. The molecule has 20 heavy (non-hydrogen) atoms. The molecule has 0 fully saturated rings. The van der Waals surface area contributed by atoms with E-state index < -0.39 is 11.9 Å².